The predicted molar refractivity (Wildman–Crippen MR) is 115 cm³/mol. The second kappa shape index (κ2) is 8.69. The number of hydrogen-bond acceptors (Lipinski definition) is 7. The molecule has 0 spiro atoms. The highest BCUT2D eigenvalue weighted by atomic mass is 32.2. The van der Waals surface area contributed by atoms with E-state index in [1.165, 1.54) is 15.1 Å². The Morgan fingerprint density at radius 2 is 1.84 bits per heavy atom. The number of piperazine rings is 1. The maximum Gasteiger partial charge on any atom is 0.266 e. The van der Waals surface area contributed by atoms with Gasteiger partial charge in [0, 0.05) is 56.7 Å². The summed E-state index contributed by atoms with van der Waals surface area (Å²) in [7, 11) is -3.57. The van der Waals surface area contributed by atoms with Gasteiger partial charge in [-0.25, -0.2) is 13.1 Å². The minimum Gasteiger partial charge on any atom is -0.299 e. The average Bonchev–Trinajstić information content (AvgIpc) is 3.13. The highest BCUT2D eigenvalue weighted by Crippen LogP contribution is 2.22. The van der Waals surface area contributed by atoms with Crippen LogP contribution in [0.5, 0.6) is 0 Å². The van der Waals surface area contributed by atoms with Crippen LogP contribution < -0.4 is 5.56 Å². The van der Waals surface area contributed by atoms with Crippen molar-refractivity contribution in [2.75, 3.05) is 32.7 Å². The molecular formula is C20H25N7O3S. The van der Waals surface area contributed by atoms with E-state index in [9.17, 15) is 13.2 Å². The van der Waals surface area contributed by atoms with E-state index in [4.69, 9.17) is 0 Å². The lowest BCUT2D eigenvalue weighted by molar-refractivity contribution is 0.180. The molecule has 4 heterocycles. The number of nitrogens with one attached hydrogen (secondary N) is 1. The topological polar surface area (TPSA) is 117 Å². The molecule has 1 aliphatic rings. The maximum atomic E-state index is 13.0. The van der Waals surface area contributed by atoms with Crippen LogP contribution in [0.15, 0.2) is 46.3 Å². The van der Waals surface area contributed by atoms with Crippen LogP contribution in [0.3, 0.4) is 0 Å². The summed E-state index contributed by atoms with van der Waals surface area (Å²) >= 11 is 0. The zero-order valence-corrected chi connectivity index (χ0v) is 18.3. The molecule has 31 heavy (non-hydrogen) atoms. The molecule has 1 saturated heterocycles. The van der Waals surface area contributed by atoms with Gasteiger partial charge >= 0.3 is 0 Å². The first-order valence-corrected chi connectivity index (χ1v) is 11.5. The van der Waals surface area contributed by atoms with E-state index in [0.717, 1.165) is 5.56 Å². The first-order valence-electron chi connectivity index (χ1n) is 10.1. The lowest BCUT2D eigenvalue weighted by Gasteiger charge is -2.33. The molecule has 10 nitrogen and oxygen atoms in total. The quantitative estimate of drug-likeness (QED) is 0.594. The number of aromatic nitrogens is 5. The number of H-pyrrole nitrogens is 1. The van der Waals surface area contributed by atoms with E-state index < -0.39 is 10.0 Å². The van der Waals surface area contributed by atoms with E-state index in [0.29, 0.717) is 56.4 Å². The van der Waals surface area contributed by atoms with Crippen LogP contribution in [-0.2, 0) is 16.6 Å². The van der Waals surface area contributed by atoms with E-state index in [2.05, 4.69) is 25.2 Å². The monoisotopic (exact) mass is 443 g/mol. The van der Waals surface area contributed by atoms with E-state index >= 15 is 0 Å². The molecule has 0 amide bonds. The molecule has 11 heteroatoms. The number of aromatic amines is 1. The Balaban J connectivity index is 1.39. The molecule has 1 fully saturated rings. The van der Waals surface area contributed by atoms with Gasteiger partial charge < -0.3 is 0 Å². The van der Waals surface area contributed by atoms with Crippen molar-refractivity contribution in [3.05, 3.63) is 58.4 Å². The van der Waals surface area contributed by atoms with Gasteiger partial charge in [0.2, 0.25) is 10.0 Å². The summed E-state index contributed by atoms with van der Waals surface area (Å²) in [5, 5.41) is 11.2. The Hall–Kier alpha value is -2.89. The molecule has 0 bridgehead atoms. The highest BCUT2D eigenvalue weighted by Gasteiger charge is 2.32. The van der Waals surface area contributed by atoms with Gasteiger partial charge in [-0.3, -0.25) is 19.8 Å². The lowest BCUT2D eigenvalue weighted by atomic mass is 10.2. The third kappa shape index (κ3) is 4.43. The molecule has 1 N–H and O–H groups in total. The van der Waals surface area contributed by atoms with Crippen LogP contribution in [-0.4, -0.2) is 75.3 Å². The van der Waals surface area contributed by atoms with Crippen LogP contribution in [0.4, 0.5) is 0 Å². The number of hydrogen-bond donors (Lipinski definition) is 1. The van der Waals surface area contributed by atoms with Crippen molar-refractivity contribution in [3.63, 3.8) is 0 Å². The van der Waals surface area contributed by atoms with Gasteiger partial charge in [-0.15, -0.1) is 0 Å². The minimum atomic E-state index is -3.57. The molecule has 0 aromatic carbocycles. The Kier molecular flexibility index (Phi) is 5.99. The fourth-order valence-electron chi connectivity index (χ4n) is 3.76. The van der Waals surface area contributed by atoms with Crippen LogP contribution in [0.1, 0.15) is 11.4 Å². The van der Waals surface area contributed by atoms with Crippen LogP contribution in [0, 0.1) is 13.8 Å². The van der Waals surface area contributed by atoms with Crippen molar-refractivity contribution >= 4 is 10.0 Å². The van der Waals surface area contributed by atoms with Gasteiger partial charge in [-0.1, -0.05) is 0 Å². The zero-order valence-electron chi connectivity index (χ0n) is 17.5. The smallest absolute Gasteiger partial charge is 0.266 e. The van der Waals surface area contributed by atoms with Crippen LogP contribution in [0.2, 0.25) is 0 Å². The normalized spacial score (nSPS) is 15.9. The lowest BCUT2D eigenvalue weighted by Crippen LogP contribution is -2.49. The molecule has 3 aromatic heterocycles. The van der Waals surface area contributed by atoms with Crippen LogP contribution in [0.25, 0.3) is 11.3 Å². The van der Waals surface area contributed by atoms with E-state index in [-0.39, 0.29) is 10.5 Å². The van der Waals surface area contributed by atoms with Crippen LogP contribution >= 0.6 is 0 Å². The molecule has 4 rings (SSSR count). The number of pyridine rings is 1. The van der Waals surface area contributed by atoms with Gasteiger partial charge in [0.05, 0.1) is 23.6 Å². The summed E-state index contributed by atoms with van der Waals surface area (Å²) in [5.41, 5.74) is 2.41. The number of aryl methyl sites for hydroxylation is 2. The first-order chi connectivity index (χ1) is 14.9. The average molecular weight is 444 g/mol. The molecule has 3 aromatic rings. The van der Waals surface area contributed by atoms with E-state index in [1.807, 2.05) is 12.1 Å². The van der Waals surface area contributed by atoms with E-state index in [1.54, 1.807) is 32.3 Å². The summed E-state index contributed by atoms with van der Waals surface area (Å²) in [5.74, 6) is 0. The highest BCUT2D eigenvalue weighted by molar-refractivity contribution is 7.89. The van der Waals surface area contributed by atoms with Gasteiger partial charge in [-0.2, -0.15) is 14.5 Å². The second-order valence-corrected chi connectivity index (χ2v) is 9.41. The molecule has 0 saturated carbocycles. The largest absolute Gasteiger partial charge is 0.299 e. The molecular weight excluding hydrogens is 418 g/mol. The Morgan fingerprint density at radius 1 is 1.06 bits per heavy atom. The third-order valence-corrected chi connectivity index (χ3v) is 7.60. The third-order valence-electron chi connectivity index (χ3n) is 5.44. The molecule has 0 atom stereocenters. The van der Waals surface area contributed by atoms with Gasteiger partial charge in [0.25, 0.3) is 5.56 Å². The Labute approximate surface area is 180 Å². The first kappa shape index (κ1) is 21.3. The summed E-state index contributed by atoms with van der Waals surface area (Å²) in [6, 6.07) is 6.93. The van der Waals surface area contributed by atoms with Crippen molar-refractivity contribution < 1.29 is 8.42 Å². The minimum absolute atomic E-state index is 0.167. The molecule has 0 unspecified atom stereocenters. The number of rotatable bonds is 6. The summed E-state index contributed by atoms with van der Waals surface area (Å²) in [6.07, 6.45) is 3.40. The van der Waals surface area contributed by atoms with Crippen molar-refractivity contribution in [1.82, 2.24) is 34.2 Å². The zero-order chi connectivity index (χ0) is 22.0. The number of sulfonamides is 1. The standard InChI is InChI=1S/C20H25N7O3S/c1-15-20(16(2)23-22-15)31(29,30)26-11-8-25(9-12-26)10-13-27-19(28)6-5-18(24-27)17-4-3-7-21-14-17/h3-7,14H,8-13H2,1-2H3,(H,22,23). The van der Waals surface area contributed by atoms with Gasteiger partial charge in [0.15, 0.2) is 0 Å². The predicted octanol–water partition coefficient (Wildman–Crippen LogP) is 0.652. The molecule has 1 aliphatic heterocycles. The van der Waals surface area contributed by atoms with Crippen molar-refractivity contribution in [3.8, 4) is 11.3 Å². The van der Waals surface area contributed by atoms with Crippen molar-refractivity contribution in [2.24, 2.45) is 0 Å². The fourth-order valence-corrected chi connectivity index (χ4v) is 5.51. The molecule has 0 aliphatic carbocycles. The summed E-state index contributed by atoms with van der Waals surface area (Å²) in [6.45, 7) is 6.42. The Bertz CT molecular complexity index is 1190. The van der Waals surface area contributed by atoms with Gasteiger partial charge in [-0.05, 0) is 32.0 Å². The number of nitrogens with zero attached hydrogens (tertiary/aromatic N) is 6. The summed E-state index contributed by atoms with van der Waals surface area (Å²) in [4.78, 5) is 18.7. The molecule has 164 valence electrons. The SMILES string of the molecule is Cc1n[nH]c(C)c1S(=O)(=O)N1CCN(CCn2nc(-c3cccnc3)ccc2=O)CC1. The maximum absolute atomic E-state index is 13.0. The Morgan fingerprint density at radius 3 is 2.48 bits per heavy atom. The molecule has 0 radical (unpaired) electrons. The van der Waals surface area contributed by atoms with Crippen molar-refractivity contribution in [2.45, 2.75) is 25.3 Å². The summed E-state index contributed by atoms with van der Waals surface area (Å²) < 4.78 is 28.9. The van der Waals surface area contributed by atoms with Gasteiger partial charge in [0.1, 0.15) is 4.90 Å². The van der Waals surface area contributed by atoms with Crippen molar-refractivity contribution in [1.29, 1.82) is 0 Å². The fraction of sp³-hybridized carbons (Fsp3) is 0.400. The second-order valence-electron chi connectivity index (χ2n) is 7.53.